The number of hydrogen-bond donors (Lipinski definition) is 0. The van der Waals surface area contributed by atoms with Gasteiger partial charge in [0.25, 0.3) is 17.6 Å². The summed E-state index contributed by atoms with van der Waals surface area (Å²) >= 11 is 0. The Hall–Kier alpha value is -2.99. The van der Waals surface area contributed by atoms with E-state index in [1.165, 1.54) is 6.07 Å². The van der Waals surface area contributed by atoms with Gasteiger partial charge in [0.1, 0.15) is 25.1 Å². The van der Waals surface area contributed by atoms with Gasteiger partial charge in [0, 0.05) is 24.3 Å². The van der Waals surface area contributed by atoms with Crippen LogP contribution in [0.3, 0.4) is 0 Å². The highest BCUT2D eigenvalue weighted by molar-refractivity contribution is 5.37. The van der Waals surface area contributed by atoms with E-state index in [2.05, 4.69) is 24.9 Å². The number of nitrogens with zero attached hydrogens (tertiary/aromatic N) is 5. The molecular formula is C19H20FN5O3. The topological polar surface area (TPSA) is 74.0 Å². The third-order valence-electron chi connectivity index (χ3n) is 4.96. The number of likely N-dealkylation sites (tertiary alicyclic amines) is 1. The monoisotopic (exact) mass is 385 g/mol. The molecule has 0 aromatic carbocycles. The molecule has 0 bridgehead atoms. The fourth-order valence-electron chi connectivity index (χ4n) is 3.42. The molecule has 0 aliphatic carbocycles. The first-order chi connectivity index (χ1) is 13.6. The second-order valence-corrected chi connectivity index (χ2v) is 6.73. The number of hydrogen-bond acceptors (Lipinski definition) is 7. The van der Waals surface area contributed by atoms with Crippen LogP contribution in [0.25, 0.3) is 4.85 Å². The van der Waals surface area contributed by atoms with E-state index in [1.807, 2.05) is 6.92 Å². The molecule has 0 amide bonds. The smallest absolute Gasteiger partial charge is 0.296 e. The van der Waals surface area contributed by atoms with E-state index in [0.29, 0.717) is 36.4 Å². The van der Waals surface area contributed by atoms with Crippen LogP contribution in [-0.2, 0) is 0 Å². The van der Waals surface area contributed by atoms with E-state index >= 15 is 0 Å². The Kier molecular flexibility index (Phi) is 5.21. The summed E-state index contributed by atoms with van der Waals surface area (Å²) in [5.74, 6) is 0.986. The van der Waals surface area contributed by atoms with Crippen molar-refractivity contribution in [1.29, 1.82) is 0 Å². The van der Waals surface area contributed by atoms with Gasteiger partial charge >= 0.3 is 0 Å². The summed E-state index contributed by atoms with van der Waals surface area (Å²) in [5, 5.41) is 7.69. The van der Waals surface area contributed by atoms with E-state index in [9.17, 15) is 4.39 Å². The summed E-state index contributed by atoms with van der Waals surface area (Å²) in [5.41, 5.74) is 0.365. The number of fused-ring (bicyclic) bond motifs is 1. The highest BCUT2D eigenvalue weighted by atomic mass is 19.1. The van der Waals surface area contributed by atoms with E-state index in [0.717, 1.165) is 25.9 Å². The van der Waals surface area contributed by atoms with Crippen LogP contribution >= 0.6 is 0 Å². The molecule has 28 heavy (non-hydrogen) atoms. The molecule has 2 aliphatic heterocycles. The minimum atomic E-state index is -0.384. The summed E-state index contributed by atoms with van der Waals surface area (Å²) in [6.07, 6.45) is 1.57. The molecule has 1 saturated heterocycles. The Bertz CT molecular complexity index is 878. The van der Waals surface area contributed by atoms with Crippen molar-refractivity contribution in [3.63, 3.8) is 0 Å². The van der Waals surface area contributed by atoms with Gasteiger partial charge < -0.3 is 19.1 Å². The molecular weight excluding hydrogens is 365 g/mol. The van der Waals surface area contributed by atoms with Crippen LogP contribution < -0.4 is 14.2 Å². The molecule has 1 atom stereocenters. The zero-order valence-corrected chi connectivity index (χ0v) is 15.5. The minimum absolute atomic E-state index is 0.00890. The maximum atomic E-state index is 14.5. The average Bonchev–Trinajstić information content (AvgIpc) is 2.74. The molecule has 4 rings (SSSR count). The van der Waals surface area contributed by atoms with Crippen molar-refractivity contribution >= 4 is 5.82 Å². The molecule has 2 aliphatic rings. The van der Waals surface area contributed by atoms with E-state index in [-0.39, 0.29) is 23.8 Å². The molecule has 8 nitrogen and oxygen atoms in total. The van der Waals surface area contributed by atoms with Gasteiger partial charge in [0.2, 0.25) is 0 Å². The number of halogens is 1. The van der Waals surface area contributed by atoms with Crippen LogP contribution in [0.2, 0.25) is 0 Å². The van der Waals surface area contributed by atoms with Gasteiger partial charge in [-0.2, -0.15) is 0 Å². The molecule has 4 heterocycles. The van der Waals surface area contributed by atoms with Crippen molar-refractivity contribution in [2.45, 2.75) is 31.9 Å². The molecule has 1 fully saturated rings. The first-order valence-electron chi connectivity index (χ1n) is 9.22. The van der Waals surface area contributed by atoms with Gasteiger partial charge in [-0.15, -0.1) is 0 Å². The predicted octanol–water partition coefficient (Wildman–Crippen LogP) is 2.94. The van der Waals surface area contributed by atoms with Crippen molar-refractivity contribution in [3.8, 4) is 17.5 Å². The molecule has 0 saturated carbocycles. The second-order valence-electron chi connectivity index (χ2n) is 6.73. The number of piperidine rings is 1. The number of rotatable bonds is 4. The Morgan fingerprint density at radius 2 is 2.04 bits per heavy atom. The molecule has 0 spiro atoms. The molecule has 146 valence electrons. The fraction of sp³-hybridized carbons (Fsp3) is 0.474. The average molecular weight is 385 g/mol. The van der Waals surface area contributed by atoms with Crippen LogP contribution in [0.15, 0.2) is 18.2 Å². The summed E-state index contributed by atoms with van der Waals surface area (Å²) in [6, 6.07) is 4.41. The standard InChI is InChI=1S/C19H20FN5O3/c1-12(18-14(20)11-15-19(22-18)27-10-9-26-15)25-7-5-13(6-8-25)28-17-4-3-16(21-2)23-24-17/h3-4,11-13H,5-10H2,1H3/t12-/m1/s1. The maximum Gasteiger partial charge on any atom is 0.296 e. The van der Waals surface area contributed by atoms with Crippen molar-refractivity contribution in [2.75, 3.05) is 26.3 Å². The van der Waals surface area contributed by atoms with E-state index in [4.69, 9.17) is 20.8 Å². The highest BCUT2D eigenvalue weighted by Crippen LogP contribution is 2.34. The first kappa shape index (κ1) is 18.4. The number of ether oxygens (including phenoxy) is 3. The fourth-order valence-corrected chi connectivity index (χ4v) is 3.42. The first-order valence-corrected chi connectivity index (χ1v) is 9.22. The Balaban J connectivity index is 1.37. The maximum absolute atomic E-state index is 14.5. The Labute approximate surface area is 162 Å². The zero-order chi connectivity index (χ0) is 19.5. The predicted molar refractivity (Wildman–Crippen MR) is 97.1 cm³/mol. The molecule has 0 radical (unpaired) electrons. The van der Waals surface area contributed by atoms with E-state index in [1.54, 1.807) is 12.1 Å². The van der Waals surface area contributed by atoms with Crippen LogP contribution in [0.5, 0.6) is 17.5 Å². The van der Waals surface area contributed by atoms with Crippen molar-refractivity contribution in [3.05, 3.63) is 41.1 Å². The lowest BCUT2D eigenvalue weighted by molar-refractivity contribution is 0.0735. The summed E-state index contributed by atoms with van der Waals surface area (Å²) in [7, 11) is 0. The lowest BCUT2D eigenvalue weighted by Gasteiger charge is -2.35. The number of pyridine rings is 1. The molecule has 9 heteroatoms. The lowest BCUT2D eigenvalue weighted by Crippen LogP contribution is -2.40. The van der Waals surface area contributed by atoms with Crippen LogP contribution in [-0.4, -0.2) is 52.5 Å². The van der Waals surface area contributed by atoms with Gasteiger partial charge in [-0.05, 0) is 37.0 Å². The number of aromatic nitrogens is 3. The summed E-state index contributed by atoms with van der Waals surface area (Å²) < 4.78 is 31.2. The second kappa shape index (κ2) is 7.94. The van der Waals surface area contributed by atoms with E-state index < -0.39 is 0 Å². The molecule has 2 aromatic rings. The SMILES string of the molecule is [C-]#[N+]c1ccc(OC2CCN([C@H](C)c3nc4c(cc3F)OCCO4)CC2)nn1. The van der Waals surface area contributed by atoms with Crippen LogP contribution in [0, 0.1) is 12.4 Å². The van der Waals surface area contributed by atoms with Crippen molar-refractivity contribution in [1.82, 2.24) is 20.1 Å². The van der Waals surface area contributed by atoms with Crippen LogP contribution in [0.4, 0.5) is 10.2 Å². The van der Waals surface area contributed by atoms with Crippen molar-refractivity contribution in [2.24, 2.45) is 0 Å². The van der Waals surface area contributed by atoms with Crippen molar-refractivity contribution < 1.29 is 18.6 Å². The minimum Gasteiger partial charge on any atom is -0.484 e. The Morgan fingerprint density at radius 3 is 2.75 bits per heavy atom. The van der Waals surface area contributed by atoms with Gasteiger partial charge in [-0.3, -0.25) is 4.90 Å². The third kappa shape index (κ3) is 3.82. The highest BCUT2D eigenvalue weighted by Gasteiger charge is 2.29. The van der Waals surface area contributed by atoms with Gasteiger partial charge in [-0.1, -0.05) is 6.57 Å². The Morgan fingerprint density at radius 1 is 1.25 bits per heavy atom. The zero-order valence-electron chi connectivity index (χ0n) is 15.5. The molecule has 0 N–H and O–H groups in total. The van der Waals surface area contributed by atoms with Crippen LogP contribution in [0.1, 0.15) is 31.5 Å². The lowest BCUT2D eigenvalue weighted by atomic mass is 10.0. The molecule has 2 aromatic heterocycles. The summed E-state index contributed by atoms with van der Waals surface area (Å²) in [4.78, 5) is 9.74. The summed E-state index contributed by atoms with van der Waals surface area (Å²) in [6.45, 7) is 11.2. The largest absolute Gasteiger partial charge is 0.484 e. The third-order valence-corrected chi connectivity index (χ3v) is 4.96. The molecule has 0 unspecified atom stereocenters. The van der Waals surface area contributed by atoms with Gasteiger partial charge in [0.15, 0.2) is 5.75 Å². The normalized spacial score (nSPS) is 18.3. The van der Waals surface area contributed by atoms with Gasteiger partial charge in [0.05, 0.1) is 11.7 Å². The van der Waals surface area contributed by atoms with Gasteiger partial charge in [-0.25, -0.2) is 9.37 Å². The quantitative estimate of drug-likeness (QED) is 0.749.